The van der Waals surface area contributed by atoms with Gasteiger partial charge < -0.3 is 30.1 Å². The Labute approximate surface area is 218 Å². The number of rotatable bonds is 7. The molecule has 0 bridgehead atoms. The zero-order chi connectivity index (χ0) is 25.9. The number of hydrogen-bond donors (Lipinski definition) is 2. The first-order chi connectivity index (χ1) is 17.9. The highest BCUT2D eigenvalue weighted by atomic mass is 16.5. The number of likely N-dealkylation sites (N-methyl/N-ethyl adjacent to an activating group) is 1. The van der Waals surface area contributed by atoms with E-state index in [2.05, 4.69) is 32.5 Å². The number of piperidine rings is 1. The molecule has 0 radical (unpaired) electrons. The average molecular weight is 508 g/mol. The van der Waals surface area contributed by atoms with Crippen LogP contribution in [-0.2, 0) is 4.79 Å². The van der Waals surface area contributed by atoms with Crippen molar-refractivity contribution in [1.82, 2.24) is 20.2 Å². The lowest BCUT2D eigenvalue weighted by atomic mass is 10.0. The Morgan fingerprint density at radius 2 is 1.89 bits per heavy atom. The predicted octanol–water partition coefficient (Wildman–Crippen LogP) is 3.17. The standard InChI is InChI=1S/C27H37N7O3/c1-4-37-23-15-18(26(36)29-19-11-13-32(2)14-12-19)9-10-21(23)30-27-28-16-22-25(31-27)34(17-24(35)33(22)3)20-7-5-6-8-20/h9-10,15-16,19-20H,4-8,11-14,17H2,1-3H3,(H,29,36)(H,28,30,31). The van der Waals surface area contributed by atoms with Crippen LogP contribution >= 0.6 is 0 Å². The molecule has 3 aliphatic rings. The molecule has 5 rings (SSSR count). The monoisotopic (exact) mass is 507 g/mol. The van der Waals surface area contributed by atoms with Gasteiger partial charge in [-0.2, -0.15) is 4.98 Å². The number of hydrogen-bond acceptors (Lipinski definition) is 8. The van der Waals surface area contributed by atoms with Crippen molar-refractivity contribution in [3.63, 3.8) is 0 Å². The molecule has 3 heterocycles. The van der Waals surface area contributed by atoms with Crippen LogP contribution in [0.2, 0.25) is 0 Å². The van der Waals surface area contributed by atoms with E-state index in [9.17, 15) is 9.59 Å². The Morgan fingerprint density at radius 3 is 2.62 bits per heavy atom. The zero-order valence-corrected chi connectivity index (χ0v) is 22.0. The van der Waals surface area contributed by atoms with Gasteiger partial charge in [-0.05, 0) is 70.9 Å². The van der Waals surface area contributed by atoms with Crippen LogP contribution in [0.15, 0.2) is 24.4 Å². The molecule has 2 fully saturated rings. The summed E-state index contributed by atoms with van der Waals surface area (Å²) in [6, 6.07) is 5.91. The number of anilines is 4. The van der Waals surface area contributed by atoms with E-state index in [1.54, 1.807) is 30.3 Å². The van der Waals surface area contributed by atoms with Crippen molar-refractivity contribution >= 4 is 35.0 Å². The molecule has 1 saturated carbocycles. The Balaban J connectivity index is 1.36. The molecule has 1 aromatic carbocycles. The fourth-order valence-electron chi connectivity index (χ4n) is 5.44. The maximum atomic E-state index is 12.9. The molecule has 0 atom stereocenters. The first-order valence-corrected chi connectivity index (χ1v) is 13.4. The second-order valence-electron chi connectivity index (χ2n) is 10.2. The fourth-order valence-corrected chi connectivity index (χ4v) is 5.44. The van der Waals surface area contributed by atoms with Gasteiger partial charge in [0, 0.05) is 24.7 Å². The molecular weight excluding hydrogens is 470 g/mol. The molecule has 10 heteroatoms. The maximum Gasteiger partial charge on any atom is 0.251 e. The normalized spacial score (nSPS) is 19.2. The Kier molecular flexibility index (Phi) is 7.45. The molecule has 1 aliphatic carbocycles. The van der Waals surface area contributed by atoms with E-state index in [0.717, 1.165) is 50.3 Å². The van der Waals surface area contributed by atoms with Crippen molar-refractivity contribution in [2.75, 3.05) is 55.5 Å². The summed E-state index contributed by atoms with van der Waals surface area (Å²) in [5.41, 5.74) is 1.97. The van der Waals surface area contributed by atoms with Gasteiger partial charge in [-0.25, -0.2) is 4.98 Å². The first-order valence-electron chi connectivity index (χ1n) is 13.4. The summed E-state index contributed by atoms with van der Waals surface area (Å²) >= 11 is 0. The lowest BCUT2D eigenvalue weighted by molar-refractivity contribution is -0.117. The van der Waals surface area contributed by atoms with Crippen LogP contribution in [0.3, 0.4) is 0 Å². The summed E-state index contributed by atoms with van der Waals surface area (Å²) in [6.45, 7) is 4.68. The van der Waals surface area contributed by atoms with Crippen LogP contribution in [-0.4, -0.2) is 79.1 Å². The fraction of sp³-hybridized carbons (Fsp3) is 0.556. The highest BCUT2D eigenvalue weighted by Crippen LogP contribution is 2.37. The molecule has 1 saturated heterocycles. The second kappa shape index (κ2) is 10.9. The van der Waals surface area contributed by atoms with Crippen LogP contribution in [0.25, 0.3) is 0 Å². The van der Waals surface area contributed by atoms with Gasteiger partial charge in [-0.15, -0.1) is 0 Å². The number of amides is 2. The van der Waals surface area contributed by atoms with Gasteiger partial charge in [0.2, 0.25) is 11.9 Å². The van der Waals surface area contributed by atoms with Crippen LogP contribution in [0.4, 0.5) is 23.1 Å². The van der Waals surface area contributed by atoms with E-state index in [0.29, 0.717) is 42.1 Å². The average Bonchev–Trinajstić information content (AvgIpc) is 3.43. The van der Waals surface area contributed by atoms with Crippen molar-refractivity contribution in [3.8, 4) is 5.75 Å². The number of nitrogens with one attached hydrogen (secondary N) is 2. The summed E-state index contributed by atoms with van der Waals surface area (Å²) in [4.78, 5) is 40.9. The van der Waals surface area contributed by atoms with Gasteiger partial charge in [0.1, 0.15) is 11.4 Å². The first kappa shape index (κ1) is 25.3. The molecule has 0 spiro atoms. The highest BCUT2D eigenvalue weighted by Gasteiger charge is 2.34. The molecule has 1 aromatic heterocycles. The number of nitrogens with zero attached hydrogens (tertiary/aromatic N) is 5. The Hall–Kier alpha value is -3.40. The third kappa shape index (κ3) is 5.49. The van der Waals surface area contributed by atoms with Crippen molar-refractivity contribution in [3.05, 3.63) is 30.0 Å². The number of fused-ring (bicyclic) bond motifs is 1. The minimum absolute atomic E-state index is 0.0523. The number of aromatic nitrogens is 2. The van der Waals surface area contributed by atoms with E-state index in [4.69, 9.17) is 9.72 Å². The molecule has 2 aromatic rings. The number of benzene rings is 1. The van der Waals surface area contributed by atoms with Gasteiger partial charge in [-0.3, -0.25) is 9.59 Å². The van der Waals surface area contributed by atoms with Crippen molar-refractivity contribution in [1.29, 1.82) is 0 Å². The van der Waals surface area contributed by atoms with Gasteiger partial charge >= 0.3 is 0 Å². The summed E-state index contributed by atoms with van der Waals surface area (Å²) in [6.07, 6.45) is 8.09. The lowest BCUT2D eigenvalue weighted by Crippen LogP contribution is -2.48. The molecule has 2 N–H and O–H groups in total. The Morgan fingerprint density at radius 1 is 1.14 bits per heavy atom. The van der Waals surface area contributed by atoms with Crippen LogP contribution < -0.4 is 25.2 Å². The van der Waals surface area contributed by atoms with E-state index < -0.39 is 0 Å². The molecule has 2 amide bonds. The maximum absolute atomic E-state index is 12.9. The van der Waals surface area contributed by atoms with Gasteiger partial charge in [0.15, 0.2) is 5.82 Å². The summed E-state index contributed by atoms with van der Waals surface area (Å²) < 4.78 is 5.88. The van der Waals surface area contributed by atoms with Crippen LogP contribution in [0, 0.1) is 0 Å². The third-order valence-electron chi connectivity index (χ3n) is 7.67. The van der Waals surface area contributed by atoms with Crippen LogP contribution in [0.5, 0.6) is 5.75 Å². The molecule has 2 aliphatic heterocycles. The Bertz CT molecular complexity index is 1140. The summed E-state index contributed by atoms with van der Waals surface area (Å²) in [5, 5.41) is 6.45. The number of likely N-dealkylation sites (tertiary alicyclic amines) is 1. The van der Waals surface area contributed by atoms with E-state index >= 15 is 0 Å². The number of carbonyl (C=O) groups excluding carboxylic acids is 2. The quantitative estimate of drug-likeness (QED) is 0.589. The topological polar surface area (TPSA) is 103 Å². The van der Waals surface area contributed by atoms with Gasteiger partial charge in [0.05, 0.1) is 25.0 Å². The molecule has 37 heavy (non-hydrogen) atoms. The zero-order valence-electron chi connectivity index (χ0n) is 22.0. The number of ether oxygens (including phenoxy) is 1. The minimum Gasteiger partial charge on any atom is -0.492 e. The van der Waals surface area contributed by atoms with E-state index in [1.165, 1.54) is 12.8 Å². The molecule has 10 nitrogen and oxygen atoms in total. The van der Waals surface area contributed by atoms with Crippen molar-refractivity contribution in [2.24, 2.45) is 0 Å². The van der Waals surface area contributed by atoms with E-state index in [-0.39, 0.29) is 17.9 Å². The summed E-state index contributed by atoms with van der Waals surface area (Å²) in [7, 11) is 3.88. The summed E-state index contributed by atoms with van der Waals surface area (Å²) in [5.74, 6) is 1.73. The largest absolute Gasteiger partial charge is 0.492 e. The van der Waals surface area contributed by atoms with Gasteiger partial charge in [0.25, 0.3) is 5.91 Å². The lowest BCUT2D eigenvalue weighted by Gasteiger charge is -2.37. The molecule has 198 valence electrons. The molecule has 0 unspecified atom stereocenters. The minimum atomic E-state index is -0.0907. The van der Waals surface area contributed by atoms with Crippen molar-refractivity contribution < 1.29 is 14.3 Å². The third-order valence-corrected chi connectivity index (χ3v) is 7.67. The van der Waals surface area contributed by atoms with E-state index in [1.807, 2.05) is 13.0 Å². The second-order valence-corrected chi connectivity index (χ2v) is 10.2. The number of carbonyl (C=O) groups is 2. The van der Waals surface area contributed by atoms with Crippen molar-refractivity contribution in [2.45, 2.75) is 57.5 Å². The smallest absolute Gasteiger partial charge is 0.251 e. The molecular formula is C27H37N7O3. The van der Waals surface area contributed by atoms with Crippen LogP contribution in [0.1, 0.15) is 55.8 Å². The highest BCUT2D eigenvalue weighted by molar-refractivity contribution is 6.02. The SMILES string of the molecule is CCOc1cc(C(=O)NC2CCN(C)CC2)ccc1Nc1ncc2c(n1)N(C1CCCC1)CC(=O)N2C. The van der Waals surface area contributed by atoms with Gasteiger partial charge in [-0.1, -0.05) is 12.8 Å². The predicted molar refractivity (Wildman–Crippen MR) is 144 cm³/mol.